The van der Waals surface area contributed by atoms with Crippen LogP contribution in [0, 0.1) is 11.3 Å². The standard InChI is InChI=1S/C26H20N2OSi/c27-20-22-16-18-23(19-17-22)21-28-29-30(24-10-4-1-5-11-24,25-12-6-2-7-13-25)26-14-8-3-9-15-26/h1-19,21H. The molecule has 0 aliphatic heterocycles. The molecule has 0 bridgehead atoms. The first-order chi connectivity index (χ1) is 14.8. The van der Waals surface area contributed by atoms with E-state index in [2.05, 4.69) is 47.6 Å². The van der Waals surface area contributed by atoms with Gasteiger partial charge in [-0.25, -0.2) is 0 Å². The fourth-order valence-corrected chi connectivity index (χ4v) is 7.00. The maximum Gasteiger partial charge on any atom is 0.380 e. The Hall–Kier alpha value is -3.94. The maximum absolute atomic E-state index is 8.99. The number of nitriles is 1. The summed E-state index contributed by atoms with van der Waals surface area (Å²) in [4.78, 5) is 0. The van der Waals surface area contributed by atoms with E-state index < -0.39 is 8.32 Å². The van der Waals surface area contributed by atoms with Gasteiger partial charge in [-0.15, -0.1) is 5.16 Å². The van der Waals surface area contributed by atoms with Gasteiger partial charge in [-0.05, 0) is 33.3 Å². The largest absolute Gasteiger partial charge is 0.438 e. The third kappa shape index (κ3) is 3.93. The summed E-state index contributed by atoms with van der Waals surface area (Å²) in [5.74, 6) is 0. The zero-order chi connectivity index (χ0) is 20.7. The van der Waals surface area contributed by atoms with E-state index in [9.17, 15) is 0 Å². The van der Waals surface area contributed by atoms with E-state index in [0.717, 1.165) is 21.1 Å². The van der Waals surface area contributed by atoms with Gasteiger partial charge in [0.05, 0.1) is 17.8 Å². The second-order valence-corrected chi connectivity index (χ2v) is 10.1. The minimum absolute atomic E-state index is 0.620. The molecule has 0 saturated heterocycles. The zero-order valence-corrected chi connectivity index (χ0v) is 17.3. The molecule has 0 saturated carbocycles. The van der Waals surface area contributed by atoms with Crippen molar-refractivity contribution in [3.8, 4) is 6.07 Å². The van der Waals surface area contributed by atoms with Crippen molar-refractivity contribution >= 4 is 30.1 Å². The zero-order valence-electron chi connectivity index (χ0n) is 16.3. The SMILES string of the molecule is N#Cc1ccc(C=NO[Si](c2ccccc2)(c2ccccc2)c2ccccc2)cc1. The van der Waals surface area contributed by atoms with E-state index in [1.54, 1.807) is 18.3 Å². The summed E-state index contributed by atoms with van der Waals surface area (Å²) >= 11 is 0. The first-order valence-corrected chi connectivity index (χ1v) is 11.6. The van der Waals surface area contributed by atoms with Gasteiger partial charge in [-0.2, -0.15) is 5.26 Å². The summed E-state index contributed by atoms with van der Waals surface area (Å²) in [5, 5.41) is 16.8. The molecule has 30 heavy (non-hydrogen) atoms. The fourth-order valence-electron chi connectivity index (χ4n) is 3.49. The van der Waals surface area contributed by atoms with Crippen LogP contribution in [0.4, 0.5) is 0 Å². The summed E-state index contributed by atoms with van der Waals surface area (Å²) in [5.41, 5.74) is 1.50. The Bertz CT molecular complexity index is 1060. The van der Waals surface area contributed by atoms with Crippen molar-refractivity contribution in [1.82, 2.24) is 0 Å². The van der Waals surface area contributed by atoms with Crippen LogP contribution in [-0.2, 0) is 4.53 Å². The van der Waals surface area contributed by atoms with Crippen LogP contribution in [0.1, 0.15) is 11.1 Å². The van der Waals surface area contributed by atoms with Crippen LogP contribution < -0.4 is 15.6 Å². The van der Waals surface area contributed by atoms with E-state index >= 15 is 0 Å². The van der Waals surface area contributed by atoms with Crippen molar-refractivity contribution in [2.24, 2.45) is 5.16 Å². The van der Waals surface area contributed by atoms with Crippen molar-refractivity contribution in [2.75, 3.05) is 0 Å². The number of hydrogen-bond acceptors (Lipinski definition) is 3. The number of nitrogens with zero attached hydrogens (tertiary/aromatic N) is 2. The highest BCUT2D eigenvalue weighted by Gasteiger charge is 2.44. The second kappa shape index (κ2) is 9.04. The van der Waals surface area contributed by atoms with Crippen molar-refractivity contribution in [1.29, 1.82) is 5.26 Å². The smallest absolute Gasteiger partial charge is 0.380 e. The van der Waals surface area contributed by atoms with Crippen molar-refractivity contribution in [2.45, 2.75) is 0 Å². The maximum atomic E-state index is 8.99. The van der Waals surface area contributed by atoms with E-state index in [4.69, 9.17) is 9.79 Å². The van der Waals surface area contributed by atoms with Crippen LogP contribution in [0.5, 0.6) is 0 Å². The highest BCUT2D eigenvalue weighted by Crippen LogP contribution is 2.11. The van der Waals surface area contributed by atoms with E-state index in [1.165, 1.54) is 0 Å². The molecule has 0 fully saturated rings. The van der Waals surface area contributed by atoms with Crippen LogP contribution in [0.2, 0.25) is 0 Å². The van der Waals surface area contributed by atoms with Gasteiger partial charge in [0.1, 0.15) is 0 Å². The molecule has 144 valence electrons. The summed E-state index contributed by atoms with van der Waals surface area (Å²) in [6.07, 6.45) is 1.71. The lowest BCUT2D eigenvalue weighted by molar-refractivity contribution is 0.351. The molecule has 0 heterocycles. The lowest BCUT2D eigenvalue weighted by Gasteiger charge is -2.30. The predicted octanol–water partition coefficient (Wildman–Crippen LogP) is 3.58. The third-order valence-electron chi connectivity index (χ3n) is 4.97. The van der Waals surface area contributed by atoms with E-state index in [1.807, 2.05) is 66.7 Å². The van der Waals surface area contributed by atoms with Crippen LogP contribution in [0.15, 0.2) is 120 Å². The van der Waals surface area contributed by atoms with Crippen molar-refractivity contribution in [3.05, 3.63) is 126 Å². The van der Waals surface area contributed by atoms with Crippen LogP contribution in [0.3, 0.4) is 0 Å². The molecule has 0 aliphatic carbocycles. The van der Waals surface area contributed by atoms with Crippen molar-refractivity contribution < 1.29 is 4.53 Å². The molecule has 0 N–H and O–H groups in total. The molecule has 4 rings (SSSR count). The summed E-state index contributed by atoms with van der Waals surface area (Å²) in [6.45, 7) is 0. The Morgan fingerprint density at radius 1 is 0.633 bits per heavy atom. The van der Waals surface area contributed by atoms with E-state index in [-0.39, 0.29) is 0 Å². The monoisotopic (exact) mass is 404 g/mol. The minimum Gasteiger partial charge on any atom is -0.438 e. The lowest BCUT2D eigenvalue weighted by atomic mass is 10.2. The Morgan fingerprint density at radius 3 is 1.47 bits per heavy atom. The van der Waals surface area contributed by atoms with Crippen LogP contribution in [0.25, 0.3) is 0 Å². The number of benzene rings is 4. The predicted molar refractivity (Wildman–Crippen MR) is 124 cm³/mol. The van der Waals surface area contributed by atoms with E-state index in [0.29, 0.717) is 5.56 Å². The molecule has 0 aliphatic rings. The highest BCUT2D eigenvalue weighted by molar-refractivity contribution is 7.07. The first kappa shape index (κ1) is 19.4. The van der Waals surface area contributed by atoms with Gasteiger partial charge in [-0.1, -0.05) is 103 Å². The summed E-state index contributed by atoms with van der Waals surface area (Å²) < 4.78 is 6.49. The molecule has 0 aromatic heterocycles. The van der Waals surface area contributed by atoms with Gasteiger partial charge >= 0.3 is 8.32 Å². The second-order valence-electron chi connectivity index (χ2n) is 6.84. The minimum atomic E-state index is -2.85. The Balaban J connectivity index is 1.82. The quantitative estimate of drug-likeness (QED) is 0.213. The molecule has 4 aromatic carbocycles. The molecule has 0 unspecified atom stereocenters. The highest BCUT2D eigenvalue weighted by atomic mass is 28.4. The molecule has 3 nitrogen and oxygen atoms in total. The molecule has 4 aromatic rings. The fraction of sp³-hybridized carbons (Fsp3) is 0. The Morgan fingerprint density at radius 2 is 1.07 bits per heavy atom. The summed E-state index contributed by atoms with van der Waals surface area (Å²) in [6, 6.07) is 40.4. The van der Waals surface area contributed by atoms with Crippen LogP contribution in [-0.4, -0.2) is 14.5 Å². The molecule has 0 amide bonds. The third-order valence-corrected chi connectivity index (χ3v) is 8.79. The van der Waals surface area contributed by atoms with Gasteiger partial charge in [0.15, 0.2) is 0 Å². The normalized spacial score (nSPS) is 11.2. The summed E-state index contributed by atoms with van der Waals surface area (Å²) in [7, 11) is -2.85. The number of rotatable bonds is 6. The average Bonchev–Trinajstić information content (AvgIpc) is 2.84. The Kier molecular flexibility index (Phi) is 5.84. The van der Waals surface area contributed by atoms with Gasteiger partial charge < -0.3 is 4.53 Å². The number of oxime groups is 1. The Labute approximate surface area is 177 Å². The van der Waals surface area contributed by atoms with Crippen molar-refractivity contribution in [3.63, 3.8) is 0 Å². The molecule has 0 atom stereocenters. The molecule has 0 radical (unpaired) electrons. The van der Waals surface area contributed by atoms with Gasteiger partial charge in [0, 0.05) is 0 Å². The topological polar surface area (TPSA) is 45.4 Å². The first-order valence-electron chi connectivity index (χ1n) is 9.71. The molecule has 0 spiro atoms. The van der Waals surface area contributed by atoms with Crippen LogP contribution >= 0.6 is 0 Å². The average molecular weight is 405 g/mol. The molecular weight excluding hydrogens is 384 g/mol. The lowest BCUT2D eigenvalue weighted by Crippen LogP contribution is -2.68. The number of hydrogen-bond donors (Lipinski definition) is 0. The van der Waals surface area contributed by atoms with Gasteiger partial charge in [-0.3, -0.25) is 0 Å². The molecular formula is C26H20N2OSi. The molecule has 4 heteroatoms. The van der Waals surface area contributed by atoms with Gasteiger partial charge in [0.2, 0.25) is 0 Å². The van der Waals surface area contributed by atoms with Gasteiger partial charge in [0.25, 0.3) is 0 Å².